The molecular formula is C22H26FNO3. The van der Waals surface area contributed by atoms with E-state index in [2.05, 4.69) is 4.90 Å². The van der Waals surface area contributed by atoms with Crippen LogP contribution in [-0.4, -0.2) is 35.7 Å². The van der Waals surface area contributed by atoms with Gasteiger partial charge in [-0.05, 0) is 67.5 Å². The Kier molecular flexibility index (Phi) is 6.82. The summed E-state index contributed by atoms with van der Waals surface area (Å²) in [6.07, 6.45) is 4.12. The highest BCUT2D eigenvalue weighted by Gasteiger charge is 2.20. The molecule has 0 amide bonds. The van der Waals surface area contributed by atoms with Gasteiger partial charge in [0.25, 0.3) is 0 Å². The summed E-state index contributed by atoms with van der Waals surface area (Å²) < 4.78 is 19.1. The van der Waals surface area contributed by atoms with Crippen molar-refractivity contribution in [2.75, 3.05) is 19.7 Å². The molecule has 5 heteroatoms. The van der Waals surface area contributed by atoms with Gasteiger partial charge < -0.3 is 9.84 Å². The second kappa shape index (κ2) is 9.51. The van der Waals surface area contributed by atoms with Gasteiger partial charge in [-0.15, -0.1) is 0 Å². The van der Waals surface area contributed by atoms with Crippen LogP contribution in [0.25, 0.3) is 0 Å². The van der Waals surface area contributed by atoms with Crippen LogP contribution in [0.5, 0.6) is 5.75 Å². The lowest BCUT2D eigenvalue weighted by Gasteiger charge is -2.33. The highest BCUT2D eigenvalue weighted by Crippen LogP contribution is 2.24. The van der Waals surface area contributed by atoms with E-state index in [1.54, 1.807) is 12.1 Å². The van der Waals surface area contributed by atoms with Gasteiger partial charge >= 0.3 is 5.97 Å². The molecule has 0 aromatic heterocycles. The van der Waals surface area contributed by atoms with Crippen molar-refractivity contribution >= 4 is 5.97 Å². The molecule has 4 nitrogen and oxygen atoms in total. The van der Waals surface area contributed by atoms with Crippen molar-refractivity contribution in [3.8, 4) is 5.75 Å². The molecule has 0 unspecified atom stereocenters. The number of likely N-dealkylation sites (tertiary alicyclic amines) is 1. The first-order valence-electron chi connectivity index (χ1n) is 9.49. The summed E-state index contributed by atoms with van der Waals surface area (Å²) in [6, 6.07) is 14.6. The van der Waals surface area contributed by atoms with Crippen LogP contribution in [0.2, 0.25) is 0 Å². The Labute approximate surface area is 159 Å². The van der Waals surface area contributed by atoms with E-state index < -0.39 is 5.97 Å². The van der Waals surface area contributed by atoms with E-state index >= 15 is 0 Å². The average Bonchev–Trinajstić information content (AvgIpc) is 2.66. The number of nitrogens with zero attached hydrogens (tertiary/aromatic N) is 1. The number of halogens is 1. The third kappa shape index (κ3) is 6.07. The number of hydrogen-bond donors (Lipinski definition) is 1. The predicted molar refractivity (Wildman–Crippen MR) is 102 cm³/mol. The van der Waals surface area contributed by atoms with E-state index in [4.69, 9.17) is 9.84 Å². The Hall–Kier alpha value is -2.40. The quantitative estimate of drug-likeness (QED) is 0.758. The van der Waals surface area contributed by atoms with Crippen LogP contribution in [0.15, 0.2) is 48.5 Å². The Morgan fingerprint density at radius 1 is 1.22 bits per heavy atom. The van der Waals surface area contributed by atoms with Gasteiger partial charge in [0.2, 0.25) is 0 Å². The first-order chi connectivity index (χ1) is 13.1. The molecule has 1 fully saturated rings. The van der Waals surface area contributed by atoms with Gasteiger partial charge in [0.05, 0.1) is 0 Å². The summed E-state index contributed by atoms with van der Waals surface area (Å²) in [7, 11) is 0. The number of aryl methyl sites for hydroxylation is 1. The molecule has 0 bridgehead atoms. The number of rotatable bonds is 8. The van der Waals surface area contributed by atoms with Crippen molar-refractivity contribution < 1.29 is 19.0 Å². The summed E-state index contributed by atoms with van der Waals surface area (Å²) in [5.74, 6) is 0.0743. The van der Waals surface area contributed by atoms with E-state index in [1.165, 1.54) is 12.5 Å². The molecule has 3 rings (SSSR count). The van der Waals surface area contributed by atoms with Crippen LogP contribution in [0, 0.1) is 11.7 Å². The zero-order valence-electron chi connectivity index (χ0n) is 15.4. The Balaban J connectivity index is 1.51. The molecule has 1 saturated heterocycles. The van der Waals surface area contributed by atoms with Crippen LogP contribution < -0.4 is 4.74 Å². The lowest BCUT2D eigenvalue weighted by Crippen LogP contribution is -2.35. The average molecular weight is 371 g/mol. The van der Waals surface area contributed by atoms with Gasteiger partial charge in [0.1, 0.15) is 11.6 Å². The summed E-state index contributed by atoms with van der Waals surface area (Å²) in [4.78, 5) is 13.1. The number of carbonyl (C=O) groups is 1. The lowest BCUT2D eigenvalue weighted by atomic mass is 9.91. The van der Waals surface area contributed by atoms with Crippen molar-refractivity contribution in [3.05, 3.63) is 65.5 Å². The van der Waals surface area contributed by atoms with E-state index in [1.807, 2.05) is 30.3 Å². The van der Waals surface area contributed by atoms with Crippen molar-refractivity contribution in [1.82, 2.24) is 4.90 Å². The summed E-state index contributed by atoms with van der Waals surface area (Å²) in [6.45, 7) is 2.55. The molecule has 1 N–H and O–H groups in total. The van der Waals surface area contributed by atoms with E-state index in [0.717, 1.165) is 50.0 Å². The van der Waals surface area contributed by atoms with Gasteiger partial charge in [-0.1, -0.05) is 30.3 Å². The van der Waals surface area contributed by atoms with E-state index in [-0.39, 0.29) is 12.4 Å². The minimum absolute atomic E-state index is 0.108. The van der Waals surface area contributed by atoms with E-state index in [0.29, 0.717) is 11.7 Å². The van der Waals surface area contributed by atoms with Crippen molar-refractivity contribution in [3.63, 3.8) is 0 Å². The van der Waals surface area contributed by atoms with Crippen LogP contribution in [-0.2, 0) is 17.8 Å². The highest BCUT2D eigenvalue weighted by molar-refractivity contribution is 5.68. The van der Waals surface area contributed by atoms with Crippen molar-refractivity contribution in [2.45, 2.75) is 32.2 Å². The molecule has 2 aromatic carbocycles. The zero-order chi connectivity index (χ0) is 19.1. The fourth-order valence-corrected chi connectivity index (χ4v) is 3.73. The number of benzene rings is 2. The third-order valence-corrected chi connectivity index (χ3v) is 5.05. The number of piperidine rings is 1. The highest BCUT2D eigenvalue weighted by atomic mass is 19.1. The Morgan fingerprint density at radius 2 is 2.07 bits per heavy atom. The summed E-state index contributed by atoms with van der Waals surface area (Å²) >= 11 is 0. The molecular weight excluding hydrogens is 345 g/mol. The molecule has 1 aliphatic rings. The fourth-order valence-electron chi connectivity index (χ4n) is 3.73. The number of aliphatic carboxylic acids is 1. The maximum atomic E-state index is 13.8. The molecule has 0 aliphatic carbocycles. The maximum absolute atomic E-state index is 13.8. The number of carboxylic acids is 1. The molecule has 0 spiro atoms. The van der Waals surface area contributed by atoms with Gasteiger partial charge in [0.15, 0.2) is 6.61 Å². The third-order valence-electron chi connectivity index (χ3n) is 5.05. The number of carboxylic acid groups (broad SMARTS) is 1. The zero-order valence-corrected chi connectivity index (χ0v) is 15.4. The molecule has 27 heavy (non-hydrogen) atoms. The Morgan fingerprint density at radius 3 is 2.89 bits per heavy atom. The monoisotopic (exact) mass is 371 g/mol. The van der Waals surface area contributed by atoms with Crippen LogP contribution >= 0.6 is 0 Å². The minimum Gasteiger partial charge on any atom is -0.482 e. The predicted octanol–water partition coefficient (Wildman–Crippen LogP) is 4.13. The number of hydrogen-bond acceptors (Lipinski definition) is 3. The van der Waals surface area contributed by atoms with Crippen LogP contribution in [0.1, 0.15) is 30.4 Å². The van der Waals surface area contributed by atoms with E-state index in [9.17, 15) is 9.18 Å². The van der Waals surface area contributed by atoms with Crippen LogP contribution in [0.4, 0.5) is 4.39 Å². The van der Waals surface area contributed by atoms with Gasteiger partial charge in [-0.3, -0.25) is 4.90 Å². The first-order valence-corrected chi connectivity index (χ1v) is 9.49. The smallest absolute Gasteiger partial charge is 0.341 e. The molecule has 0 radical (unpaired) electrons. The minimum atomic E-state index is -0.978. The summed E-state index contributed by atoms with van der Waals surface area (Å²) in [5.41, 5.74) is 1.92. The number of ether oxygens (including phenoxy) is 1. The van der Waals surface area contributed by atoms with Gasteiger partial charge in [-0.25, -0.2) is 9.18 Å². The molecule has 0 saturated carbocycles. The van der Waals surface area contributed by atoms with Crippen LogP contribution in [0.3, 0.4) is 0 Å². The normalized spacial score (nSPS) is 17.6. The maximum Gasteiger partial charge on any atom is 0.341 e. The van der Waals surface area contributed by atoms with Crippen molar-refractivity contribution in [2.24, 2.45) is 5.92 Å². The molecule has 1 aliphatic heterocycles. The molecule has 1 heterocycles. The standard InChI is InChI=1S/C22H26FNO3/c23-21-9-2-1-7-19(21)11-10-17-6-4-12-24(14-17)15-18-5-3-8-20(13-18)27-16-22(25)26/h1-3,5,7-9,13,17H,4,6,10-12,14-16H2,(H,25,26)/t17-/m0/s1. The summed E-state index contributed by atoms with van der Waals surface area (Å²) in [5, 5.41) is 8.73. The SMILES string of the molecule is O=C(O)COc1cccc(CN2CCC[C@@H](CCc3ccccc3F)C2)c1. The molecule has 2 aromatic rings. The second-order valence-electron chi connectivity index (χ2n) is 7.20. The lowest BCUT2D eigenvalue weighted by molar-refractivity contribution is -0.139. The second-order valence-corrected chi connectivity index (χ2v) is 7.20. The fraction of sp³-hybridized carbons (Fsp3) is 0.409. The van der Waals surface area contributed by atoms with Gasteiger partial charge in [-0.2, -0.15) is 0 Å². The topological polar surface area (TPSA) is 49.8 Å². The van der Waals surface area contributed by atoms with Gasteiger partial charge in [0, 0.05) is 13.1 Å². The molecule has 144 valence electrons. The largest absolute Gasteiger partial charge is 0.482 e. The first kappa shape index (κ1) is 19.4. The van der Waals surface area contributed by atoms with Crippen molar-refractivity contribution in [1.29, 1.82) is 0 Å². The Bertz CT molecular complexity index is 765. The molecule has 1 atom stereocenters.